The lowest BCUT2D eigenvalue weighted by Crippen LogP contribution is -2.43. The van der Waals surface area contributed by atoms with Crippen molar-refractivity contribution in [3.63, 3.8) is 0 Å². The molecular formula is C10H16FNO. The van der Waals surface area contributed by atoms with Crippen molar-refractivity contribution in [3.05, 3.63) is 0 Å². The molecule has 13 heavy (non-hydrogen) atoms. The molecule has 2 aliphatic rings. The highest BCUT2D eigenvalue weighted by Gasteiger charge is 2.32. The maximum atomic E-state index is 13.1. The molecule has 2 rings (SSSR count). The van der Waals surface area contributed by atoms with Gasteiger partial charge < -0.3 is 5.32 Å². The molecule has 3 heteroatoms. The summed E-state index contributed by atoms with van der Waals surface area (Å²) in [6.45, 7) is 0. The topological polar surface area (TPSA) is 29.1 Å². The molecule has 1 N–H and O–H groups in total. The summed E-state index contributed by atoms with van der Waals surface area (Å²) in [5, 5.41) is 2.82. The minimum atomic E-state index is -0.802. The number of hydrogen-bond donors (Lipinski definition) is 1. The van der Waals surface area contributed by atoms with Gasteiger partial charge in [0.15, 0.2) is 0 Å². The Morgan fingerprint density at radius 3 is 2.31 bits per heavy atom. The van der Waals surface area contributed by atoms with Crippen molar-refractivity contribution in [2.75, 3.05) is 0 Å². The quantitative estimate of drug-likeness (QED) is 0.698. The van der Waals surface area contributed by atoms with Crippen LogP contribution in [0.3, 0.4) is 0 Å². The average Bonchev–Trinajstić information content (AvgIpc) is 2.32. The Hall–Kier alpha value is -0.600. The van der Waals surface area contributed by atoms with Gasteiger partial charge in [-0.1, -0.05) is 6.42 Å². The van der Waals surface area contributed by atoms with Crippen LogP contribution in [0.15, 0.2) is 0 Å². The van der Waals surface area contributed by atoms with Crippen molar-refractivity contribution in [1.82, 2.24) is 5.32 Å². The summed E-state index contributed by atoms with van der Waals surface area (Å²) in [7, 11) is 0. The van der Waals surface area contributed by atoms with Crippen LogP contribution < -0.4 is 5.32 Å². The predicted octanol–water partition coefficient (Wildman–Crippen LogP) is 1.79. The van der Waals surface area contributed by atoms with Crippen LogP contribution in [0.25, 0.3) is 0 Å². The van der Waals surface area contributed by atoms with E-state index in [1.807, 2.05) is 0 Å². The van der Waals surface area contributed by atoms with Gasteiger partial charge in [-0.3, -0.25) is 4.79 Å². The number of rotatable bonds is 2. The molecule has 0 aliphatic heterocycles. The smallest absolute Gasteiger partial charge is 0.223 e. The maximum absolute atomic E-state index is 13.1. The second-order valence-electron chi connectivity index (χ2n) is 4.19. The summed E-state index contributed by atoms with van der Waals surface area (Å²) in [6.07, 6.45) is 4.70. The van der Waals surface area contributed by atoms with E-state index in [9.17, 15) is 9.18 Å². The highest BCUT2D eigenvalue weighted by molar-refractivity contribution is 5.79. The van der Waals surface area contributed by atoms with Gasteiger partial charge in [0.25, 0.3) is 0 Å². The Labute approximate surface area is 77.9 Å². The molecule has 0 aromatic rings. The van der Waals surface area contributed by atoms with E-state index in [0.717, 1.165) is 32.1 Å². The zero-order valence-corrected chi connectivity index (χ0v) is 7.76. The monoisotopic (exact) mass is 185 g/mol. The van der Waals surface area contributed by atoms with Gasteiger partial charge in [0.2, 0.25) is 5.91 Å². The van der Waals surface area contributed by atoms with Crippen molar-refractivity contribution in [3.8, 4) is 0 Å². The molecule has 0 saturated heterocycles. The highest BCUT2D eigenvalue weighted by Crippen LogP contribution is 2.28. The normalized spacial score (nSPS) is 34.2. The molecule has 74 valence electrons. The maximum Gasteiger partial charge on any atom is 0.223 e. The van der Waals surface area contributed by atoms with Gasteiger partial charge in [0, 0.05) is 5.92 Å². The van der Waals surface area contributed by atoms with E-state index in [0.29, 0.717) is 6.42 Å². The molecule has 2 nitrogen and oxygen atoms in total. The first-order valence-electron chi connectivity index (χ1n) is 5.22. The van der Waals surface area contributed by atoms with Gasteiger partial charge in [0.05, 0.1) is 6.04 Å². The minimum Gasteiger partial charge on any atom is -0.350 e. The molecule has 2 atom stereocenters. The van der Waals surface area contributed by atoms with Crippen molar-refractivity contribution in [2.45, 2.75) is 50.7 Å². The fourth-order valence-electron chi connectivity index (χ4n) is 2.05. The fraction of sp³-hybridized carbons (Fsp3) is 0.900. The van der Waals surface area contributed by atoms with E-state index in [1.54, 1.807) is 0 Å². The third-order valence-electron chi connectivity index (χ3n) is 3.24. The summed E-state index contributed by atoms with van der Waals surface area (Å²) >= 11 is 0. The molecule has 0 aromatic heterocycles. The summed E-state index contributed by atoms with van der Waals surface area (Å²) in [4.78, 5) is 11.4. The first kappa shape index (κ1) is 8.97. The fourth-order valence-corrected chi connectivity index (χ4v) is 2.05. The van der Waals surface area contributed by atoms with Crippen LogP contribution in [0.2, 0.25) is 0 Å². The van der Waals surface area contributed by atoms with Crippen LogP contribution in [0.5, 0.6) is 0 Å². The second-order valence-corrected chi connectivity index (χ2v) is 4.19. The summed E-state index contributed by atoms with van der Waals surface area (Å²) in [5.41, 5.74) is 0. The lowest BCUT2D eigenvalue weighted by molar-refractivity contribution is -0.128. The predicted molar refractivity (Wildman–Crippen MR) is 48.0 cm³/mol. The van der Waals surface area contributed by atoms with Crippen LogP contribution in [0.4, 0.5) is 4.39 Å². The first-order valence-corrected chi connectivity index (χ1v) is 5.22. The first-order chi connectivity index (χ1) is 6.27. The Kier molecular flexibility index (Phi) is 2.51. The summed E-state index contributed by atoms with van der Waals surface area (Å²) in [5.74, 6) is 0.272. The molecular weight excluding hydrogens is 169 g/mol. The molecule has 0 bridgehead atoms. The SMILES string of the molecule is O=C(N[C@@H]1CCC[C@H]1F)C1CCC1. The number of amides is 1. The van der Waals surface area contributed by atoms with Crippen molar-refractivity contribution < 1.29 is 9.18 Å². The summed E-state index contributed by atoms with van der Waals surface area (Å²) in [6, 6.07) is -0.187. The zero-order valence-electron chi connectivity index (χ0n) is 7.76. The van der Waals surface area contributed by atoms with E-state index in [2.05, 4.69) is 5.32 Å². The van der Waals surface area contributed by atoms with Gasteiger partial charge in [-0.2, -0.15) is 0 Å². The van der Waals surface area contributed by atoms with Crippen LogP contribution in [-0.4, -0.2) is 18.1 Å². The van der Waals surface area contributed by atoms with E-state index in [1.165, 1.54) is 0 Å². The largest absolute Gasteiger partial charge is 0.350 e. The van der Waals surface area contributed by atoms with Gasteiger partial charge in [0.1, 0.15) is 6.17 Å². The summed E-state index contributed by atoms with van der Waals surface area (Å²) < 4.78 is 13.1. The van der Waals surface area contributed by atoms with Crippen molar-refractivity contribution >= 4 is 5.91 Å². The molecule has 0 unspecified atom stereocenters. The van der Waals surface area contributed by atoms with E-state index >= 15 is 0 Å². The van der Waals surface area contributed by atoms with Crippen LogP contribution in [-0.2, 0) is 4.79 Å². The molecule has 0 radical (unpaired) electrons. The number of nitrogens with one attached hydrogen (secondary N) is 1. The Morgan fingerprint density at radius 1 is 1.15 bits per heavy atom. The lowest BCUT2D eigenvalue weighted by atomic mass is 9.84. The third-order valence-corrected chi connectivity index (χ3v) is 3.24. The van der Waals surface area contributed by atoms with Crippen LogP contribution in [0, 0.1) is 5.92 Å². The second kappa shape index (κ2) is 3.64. The highest BCUT2D eigenvalue weighted by atomic mass is 19.1. The zero-order chi connectivity index (χ0) is 9.26. The average molecular weight is 185 g/mol. The van der Waals surface area contributed by atoms with Crippen LogP contribution >= 0.6 is 0 Å². The van der Waals surface area contributed by atoms with Crippen LogP contribution in [0.1, 0.15) is 38.5 Å². The Morgan fingerprint density at radius 2 is 1.85 bits per heavy atom. The molecule has 0 aromatic carbocycles. The Balaban J connectivity index is 1.79. The van der Waals surface area contributed by atoms with E-state index < -0.39 is 6.17 Å². The van der Waals surface area contributed by atoms with Crippen molar-refractivity contribution in [2.24, 2.45) is 5.92 Å². The van der Waals surface area contributed by atoms with Gasteiger partial charge in [-0.25, -0.2) is 4.39 Å². The molecule has 0 heterocycles. The van der Waals surface area contributed by atoms with E-state index in [4.69, 9.17) is 0 Å². The molecule has 2 fully saturated rings. The molecule has 1 amide bonds. The van der Waals surface area contributed by atoms with Gasteiger partial charge >= 0.3 is 0 Å². The minimum absolute atomic E-state index is 0.0841. The van der Waals surface area contributed by atoms with Crippen molar-refractivity contribution in [1.29, 1.82) is 0 Å². The Bertz CT molecular complexity index is 203. The number of hydrogen-bond acceptors (Lipinski definition) is 1. The third kappa shape index (κ3) is 1.84. The molecule has 2 aliphatic carbocycles. The number of carbonyl (C=O) groups excluding carboxylic acids is 1. The van der Waals surface area contributed by atoms with E-state index in [-0.39, 0.29) is 17.9 Å². The number of carbonyl (C=O) groups is 1. The standard InChI is InChI=1S/C10H16FNO/c11-8-5-2-6-9(8)12-10(13)7-3-1-4-7/h7-9H,1-6H2,(H,12,13)/t8-,9-/m1/s1. The van der Waals surface area contributed by atoms with Gasteiger partial charge in [-0.05, 0) is 32.1 Å². The molecule has 2 saturated carbocycles. The number of halogens is 1. The number of alkyl halides is 1. The molecule has 0 spiro atoms. The van der Waals surface area contributed by atoms with Gasteiger partial charge in [-0.15, -0.1) is 0 Å². The lowest BCUT2D eigenvalue weighted by Gasteiger charge is -2.26.